The van der Waals surface area contributed by atoms with Crippen LogP contribution in [0.2, 0.25) is 0 Å². The van der Waals surface area contributed by atoms with Crippen LogP contribution in [0.4, 0.5) is 28.1 Å². The minimum atomic E-state index is 0.453. The van der Waals surface area contributed by atoms with Crippen molar-refractivity contribution in [3.63, 3.8) is 0 Å². The van der Waals surface area contributed by atoms with Gasteiger partial charge in [-0.05, 0) is 55.7 Å². The second kappa shape index (κ2) is 6.85. The number of hydrogen-bond donors (Lipinski definition) is 3. The number of anilines is 5. The second-order valence-electron chi connectivity index (χ2n) is 6.54. The molecular weight excluding hydrogens is 356 g/mol. The van der Waals surface area contributed by atoms with E-state index in [2.05, 4.69) is 69.8 Å². The quantitative estimate of drug-likeness (QED) is 0.460. The first kappa shape index (κ1) is 17.2. The van der Waals surface area contributed by atoms with E-state index in [1.165, 1.54) is 17.5 Å². The number of thiazole rings is 1. The highest BCUT2D eigenvalue weighted by atomic mass is 32.1. The van der Waals surface area contributed by atoms with Crippen molar-refractivity contribution in [3.8, 4) is 0 Å². The van der Waals surface area contributed by atoms with Crippen LogP contribution in [0.5, 0.6) is 0 Å². The van der Waals surface area contributed by atoms with E-state index < -0.39 is 0 Å². The number of benzene rings is 2. The highest BCUT2D eigenvalue weighted by molar-refractivity contribution is 7.22. The van der Waals surface area contributed by atoms with E-state index in [0.717, 1.165) is 26.6 Å². The van der Waals surface area contributed by atoms with Gasteiger partial charge in [-0.3, -0.25) is 0 Å². The molecule has 0 bridgehead atoms. The van der Waals surface area contributed by atoms with E-state index in [1.807, 2.05) is 13.0 Å². The molecule has 0 atom stereocenters. The minimum absolute atomic E-state index is 0.453. The number of nitrogens with two attached hydrogens (primary N) is 1. The van der Waals surface area contributed by atoms with Gasteiger partial charge in [-0.25, -0.2) is 15.0 Å². The number of hydrogen-bond acceptors (Lipinski definition) is 7. The maximum atomic E-state index is 6.31. The molecule has 0 spiro atoms. The van der Waals surface area contributed by atoms with E-state index in [-0.39, 0.29) is 0 Å². The number of nitrogen functional groups attached to an aromatic ring is 1. The molecule has 136 valence electrons. The Bertz CT molecular complexity index is 1130. The highest BCUT2D eigenvalue weighted by Crippen LogP contribution is 2.33. The lowest BCUT2D eigenvalue weighted by Crippen LogP contribution is -2.05. The van der Waals surface area contributed by atoms with E-state index >= 15 is 0 Å². The van der Waals surface area contributed by atoms with Crippen molar-refractivity contribution >= 4 is 49.7 Å². The molecule has 0 saturated carbocycles. The van der Waals surface area contributed by atoms with Crippen molar-refractivity contribution in [3.05, 3.63) is 59.4 Å². The molecule has 4 rings (SSSR count). The van der Waals surface area contributed by atoms with Gasteiger partial charge in [-0.15, -0.1) is 0 Å². The fourth-order valence-electron chi connectivity index (χ4n) is 2.78. The van der Waals surface area contributed by atoms with Crippen LogP contribution < -0.4 is 16.4 Å². The summed E-state index contributed by atoms with van der Waals surface area (Å²) < 4.78 is 1.12. The third kappa shape index (κ3) is 3.54. The van der Waals surface area contributed by atoms with Crippen LogP contribution in [0.25, 0.3) is 10.2 Å². The lowest BCUT2D eigenvalue weighted by Gasteiger charge is -2.13. The molecule has 0 fully saturated rings. The number of aryl methyl sites for hydroxylation is 3. The third-order valence-corrected chi connectivity index (χ3v) is 5.23. The van der Waals surface area contributed by atoms with E-state index in [4.69, 9.17) is 5.73 Å². The summed E-state index contributed by atoms with van der Waals surface area (Å²) in [5.41, 5.74) is 12.2. The van der Waals surface area contributed by atoms with Crippen LogP contribution >= 0.6 is 11.3 Å². The molecule has 2 aromatic carbocycles. The average molecular weight is 376 g/mol. The summed E-state index contributed by atoms with van der Waals surface area (Å²) in [7, 11) is 0. The maximum absolute atomic E-state index is 6.31. The molecule has 6 nitrogen and oxygen atoms in total. The van der Waals surface area contributed by atoms with Crippen molar-refractivity contribution < 1.29 is 0 Å². The predicted molar refractivity (Wildman–Crippen MR) is 113 cm³/mol. The van der Waals surface area contributed by atoms with Crippen LogP contribution in [0.1, 0.15) is 16.7 Å². The molecule has 4 N–H and O–H groups in total. The van der Waals surface area contributed by atoms with Gasteiger partial charge in [0.25, 0.3) is 0 Å². The standard InChI is InChI=1S/C20H20N6S/c1-11-4-6-13(3)15(8-11)24-18-17(21)19(23-10-22-18)26-20-25-14-7-5-12(2)9-16(14)27-20/h4-10H,21H2,1-3H3,(H2,22,23,24,25,26). The van der Waals surface area contributed by atoms with Crippen molar-refractivity contribution in [2.75, 3.05) is 16.4 Å². The van der Waals surface area contributed by atoms with E-state index in [0.29, 0.717) is 17.3 Å². The summed E-state index contributed by atoms with van der Waals surface area (Å²) in [6, 6.07) is 12.4. The van der Waals surface area contributed by atoms with Crippen LogP contribution in [0.15, 0.2) is 42.7 Å². The fourth-order valence-corrected chi connectivity index (χ4v) is 3.74. The van der Waals surface area contributed by atoms with Gasteiger partial charge in [-0.2, -0.15) is 0 Å². The number of fused-ring (bicyclic) bond motifs is 1. The largest absolute Gasteiger partial charge is 0.393 e. The predicted octanol–water partition coefficient (Wildman–Crippen LogP) is 5.08. The molecule has 2 heterocycles. The average Bonchev–Trinajstić information content (AvgIpc) is 3.03. The summed E-state index contributed by atoms with van der Waals surface area (Å²) in [6.45, 7) is 6.16. The van der Waals surface area contributed by atoms with Crippen LogP contribution in [-0.2, 0) is 0 Å². The zero-order valence-corrected chi connectivity index (χ0v) is 16.2. The molecule has 0 radical (unpaired) electrons. The number of aromatic nitrogens is 3. The van der Waals surface area contributed by atoms with Gasteiger partial charge in [0, 0.05) is 5.69 Å². The topological polar surface area (TPSA) is 88.8 Å². The minimum Gasteiger partial charge on any atom is -0.393 e. The monoisotopic (exact) mass is 376 g/mol. The lowest BCUT2D eigenvalue weighted by molar-refractivity contribution is 1.17. The molecule has 4 aromatic rings. The van der Waals surface area contributed by atoms with Crippen molar-refractivity contribution in [2.24, 2.45) is 0 Å². The molecule has 0 aliphatic carbocycles. The van der Waals surface area contributed by atoms with Crippen molar-refractivity contribution in [1.29, 1.82) is 0 Å². The van der Waals surface area contributed by atoms with Gasteiger partial charge in [0.15, 0.2) is 16.8 Å². The maximum Gasteiger partial charge on any atom is 0.189 e. The zero-order valence-electron chi connectivity index (χ0n) is 15.4. The Balaban J connectivity index is 1.63. The Morgan fingerprint density at radius 2 is 1.59 bits per heavy atom. The second-order valence-corrected chi connectivity index (χ2v) is 7.57. The molecule has 0 unspecified atom stereocenters. The summed E-state index contributed by atoms with van der Waals surface area (Å²) in [5.74, 6) is 1.10. The fraction of sp³-hybridized carbons (Fsp3) is 0.150. The van der Waals surface area contributed by atoms with Gasteiger partial charge in [0.1, 0.15) is 12.0 Å². The Hall–Kier alpha value is -3.19. The molecule has 0 aliphatic rings. The first-order chi connectivity index (χ1) is 13.0. The zero-order chi connectivity index (χ0) is 19.0. The molecular formula is C20H20N6S. The summed E-state index contributed by atoms with van der Waals surface area (Å²) >= 11 is 1.57. The van der Waals surface area contributed by atoms with Gasteiger partial charge in [0.05, 0.1) is 10.2 Å². The SMILES string of the molecule is Cc1ccc(C)c(Nc2ncnc(Nc3nc4ccc(C)cc4s3)c2N)c1. The Labute approximate surface area is 161 Å². The van der Waals surface area contributed by atoms with Crippen molar-refractivity contribution in [1.82, 2.24) is 15.0 Å². The molecule has 27 heavy (non-hydrogen) atoms. The van der Waals surface area contributed by atoms with Crippen LogP contribution in [0, 0.1) is 20.8 Å². The van der Waals surface area contributed by atoms with Crippen LogP contribution in [-0.4, -0.2) is 15.0 Å². The smallest absolute Gasteiger partial charge is 0.189 e. The first-order valence-electron chi connectivity index (χ1n) is 8.58. The summed E-state index contributed by atoms with van der Waals surface area (Å²) in [5, 5.41) is 7.28. The molecule has 0 amide bonds. The van der Waals surface area contributed by atoms with Crippen molar-refractivity contribution in [2.45, 2.75) is 20.8 Å². The first-order valence-corrected chi connectivity index (χ1v) is 9.40. The van der Waals surface area contributed by atoms with Gasteiger partial charge in [-0.1, -0.05) is 29.5 Å². The Kier molecular flexibility index (Phi) is 4.37. The Morgan fingerprint density at radius 1 is 0.889 bits per heavy atom. The van der Waals surface area contributed by atoms with E-state index in [9.17, 15) is 0 Å². The molecule has 0 aliphatic heterocycles. The number of rotatable bonds is 4. The highest BCUT2D eigenvalue weighted by Gasteiger charge is 2.12. The number of nitrogens with zero attached hydrogens (tertiary/aromatic N) is 3. The molecule has 7 heteroatoms. The van der Waals surface area contributed by atoms with Gasteiger partial charge < -0.3 is 16.4 Å². The third-order valence-electron chi connectivity index (χ3n) is 4.30. The molecule has 0 saturated heterocycles. The van der Waals surface area contributed by atoms with Gasteiger partial charge >= 0.3 is 0 Å². The van der Waals surface area contributed by atoms with E-state index in [1.54, 1.807) is 11.3 Å². The van der Waals surface area contributed by atoms with Crippen LogP contribution in [0.3, 0.4) is 0 Å². The Morgan fingerprint density at radius 3 is 2.41 bits per heavy atom. The number of nitrogens with one attached hydrogen (secondary N) is 2. The summed E-state index contributed by atoms with van der Waals surface area (Å²) in [4.78, 5) is 13.2. The molecule has 2 aromatic heterocycles. The lowest BCUT2D eigenvalue weighted by atomic mass is 10.1. The van der Waals surface area contributed by atoms with Gasteiger partial charge in [0.2, 0.25) is 0 Å². The summed E-state index contributed by atoms with van der Waals surface area (Å²) in [6.07, 6.45) is 1.49. The normalized spacial score (nSPS) is 10.9.